The highest BCUT2D eigenvalue weighted by molar-refractivity contribution is 6.30. The van der Waals surface area contributed by atoms with Gasteiger partial charge in [-0.05, 0) is 35.9 Å². The van der Waals surface area contributed by atoms with Gasteiger partial charge in [-0.1, -0.05) is 41.9 Å². The Labute approximate surface area is 121 Å². The van der Waals surface area contributed by atoms with Crippen molar-refractivity contribution in [3.63, 3.8) is 0 Å². The van der Waals surface area contributed by atoms with E-state index in [1.54, 1.807) is 6.08 Å². The van der Waals surface area contributed by atoms with Crippen LogP contribution in [0.3, 0.4) is 0 Å². The molecule has 0 spiro atoms. The molecule has 0 saturated heterocycles. The van der Waals surface area contributed by atoms with Crippen molar-refractivity contribution in [3.05, 3.63) is 71.1 Å². The van der Waals surface area contributed by atoms with Gasteiger partial charge in [0.1, 0.15) is 0 Å². The maximum atomic E-state index is 5.84. The van der Waals surface area contributed by atoms with Crippen molar-refractivity contribution >= 4 is 23.8 Å². The molecule has 0 fully saturated rings. The van der Waals surface area contributed by atoms with Gasteiger partial charge in [0.05, 0.1) is 0 Å². The summed E-state index contributed by atoms with van der Waals surface area (Å²) in [4.78, 5) is 0. The van der Waals surface area contributed by atoms with Crippen LogP contribution in [-0.2, 0) is 0 Å². The van der Waals surface area contributed by atoms with E-state index in [9.17, 15) is 0 Å². The second-order valence-corrected chi connectivity index (χ2v) is 4.63. The van der Waals surface area contributed by atoms with E-state index in [1.807, 2.05) is 60.7 Å². The van der Waals surface area contributed by atoms with Crippen LogP contribution in [0.2, 0.25) is 5.02 Å². The van der Waals surface area contributed by atoms with Gasteiger partial charge in [0.15, 0.2) is 0 Å². The molecular formula is C16H11ClN2O. The van der Waals surface area contributed by atoms with Gasteiger partial charge in [-0.2, -0.15) is 0 Å². The topological polar surface area (TPSA) is 38.9 Å². The van der Waals surface area contributed by atoms with Crippen molar-refractivity contribution in [1.82, 2.24) is 10.2 Å². The molecule has 0 aliphatic rings. The van der Waals surface area contributed by atoms with Crippen LogP contribution in [0.5, 0.6) is 0 Å². The first kappa shape index (κ1) is 12.6. The van der Waals surface area contributed by atoms with E-state index in [0.29, 0.717) is 16.8 Å². The maximum absolute atomic E-state index is 5.84. The summed E-state index contributed by atoms with van der Waals surface area (Å²) in [6, 6.07) is 17.2. The van der Waals surface area contributed by atoms with E-state index in [1.165, 1.54) is 0 Å². The Hall–Kier alpha value is -2.39. The summed E-state index contributed by atoms with van der Waals surface area (Å²) in [6.07, 6.45) is 3.68. The standard InChI is InChI=1S/C16H11ClN2O/c17-14-9-6-12(7-10-14)8-11-15-18-19-16(20-15)13-4-2-1-3-5-13/h1-11H/b11-8+. The molecule has 0 atom stereocenters. The molecule has 4 heteroatoms. The molecule has 0 amide bonds. The average Bonchev–Trinajstić information content (AvgIpc) is 2.97. The third kappa shape index (κ3) is 2.95. The van der Waals surface area contributed by atoms with Crippen LogP contribution in [-0.4, -0.2) is 10.2 Å². The molecule has 98 valence electrons. The summed E-state index contributed by atoms with van der Waals surface area (Å²) >= 11 is 5.84. The average molecular weight is 283 g/mol. The van der Waals surface area contributed by atoms with Gasteiger partial charge in [-0.3, -0.25) is 0 Å². The molecule has 0 aliphatic carbocycles. The van der Waals surface area contributed by atoms with Crippen LogP contribution in [0.1, 0.15) is 11.5 Å². The van der Waals surface area contributed by atoms with E-state index >= 15 is 0 Å². The Kier molecular flexibility index (Phi) is 3.61. The van der Waals surface area contributed by atoms with Crippen molar-refractivity contribution in [1.29, 1.82) is 0 Å². The summed E-state index contributed by atoms with van der Waals surface area (Å²) in [6.45, 7) is 0. The lowest BCUT2D eigenvalue weighted by Gasteiger charge is -1.92. The summed E-state index contributed by atoms with van der Waals surface area (Å²) in [5, 5.41) is 8.73. The second kappa shape index (κ2) is 5.72. The predicted molar refractivity (Wildman–Crippen MR) is 80.1 cm³/mol. The summed E-state index contributed by atoms with van der Waals surface area (Å²) in [7, 11) is 0. The predicted octanol–water partition coefficient (Wildman–Crippen LogP) is 4.56. The van der Waals surface area contributed by atoms with Crippen molar-refractivity contribution in [2.75, 3.05) is 0 Å². The fourth-order valence-corrected chi connectivity index (χ4v) is 1.87. The van der Waals surface area contributed by atoms with Gasteiger partial charge in [0.2, 0.25) is 11.8 Å². The number of rotatable bonds is 3. The zero-order valence-corrected chi connectivity index (χ0v) is 11.3. The summed E-state index contributed by atoms with van der Waals surface area (Å²) < 4.78 is 5.58. The van der Waals surface area contributed by atoms with Crippen LogP contribution in [0.15, 0.2) is 59.0 Å². The van der Waals surface area contributed by atoms with Gasteiger partial charge in [0.25, 0.3) is 0 Å². The van der Waals surface area contributed by atoms with Crippen molar-refractivity contribution in [3.8, 4) is 11.5 Å². The zero-order chi connectivity index (χ0) is 13.8. The van der Waals surface area contributed by atoms with E-state index in [4.69, 9.17) is 16.0 Å². The minimum absolute atomic E-state index is 0.471. The van der Waals surface area contributed by atoms with Crippen LogP contribution in [0.25, 0.3) is 23.6 Å². The van der Waals surface area contributed by atoms with E-state index in [0.717, 1.165) is 11.1 Å². The number of hydrogen-bond acceptors (Lipinski definition) is 3. The van der Waals surface area contributed by atoms with Crippen molar-refractivity contribution in [2.24, 2.45) is 0 Å². The Morgan fingerprint density at radius 2 is 1.60 bits per heavy atom. The molecule has 0 unspecified atom stereocenters. The normalized spacial score (nSPS) is 11.1. The van der Waals surface area contributed by atoms with E-state index in [2.05, 4.69) is 10.2 Å². The fourth-order valence-electron chi connectivity index (χ4n) is 1.74. The first-order valence-corrected chi connectivity index (χ1v) is 6.52. The Morgan fingerprint density at radius 3 is 2.35 bits per heavy atom. The zero-order valence-electron chi connectivity index (χ0n) is 10.5. The lowest BCUT2D eigenvalue weighted by molar-refractivity contribution is 0.558. The van der Waals surface area contributed by atoms with Crippen molar-refractivity contribution < 1.29 is 4.42 Å². The molecular weight excluding hydrogens is 272 g/mol. The molecule has 0 bridgehead atoms. The lowest BCUT2D eigenvalue weighted by atomic mass is 10.2. The van der Waals surface area contributed by atoms with Crippen LogP contribution in [0, 0.1) is 0 Å². The Bertz CT molecular complexity index is 718. The molecule has 0 N–H and O–H groups in total. The number of aromatic nitrogens is 2. The quantitative estimate of drug-likeness (QED) is 0.707. The van der Waals surface area contributed by atoms with Crippen LogP contribution in [0.4, 0.5) is 0 Å². The molecule has 20 heavy (non-hydrogen) atoms. The molecule has 0 saturated carbocycles. The first-order valence-electron chi connectivity index (χ1n) is 6.14. The molecule has 0 aliphatic heterocycles. The largest absolute Gasteiger partial charge is 0.417 e. The van der Waals surface area contributed by atoms with E-state index < -0.39 is 0 Å². The van der Waals surface area contributed by atoms with Gasteiger partial charge in [-0.15, -0.1) is 10.2 Å². The SMILES string of the molecule is Clc1ccc(/C=C/c2nnc(-c3ccccc3)o2)cc1. The van der Waals surface area contributed by atoms with Gasteiger partial charge >= 0.3 is 0 Å². The molecule has 3 aromatic rings. The minimum Gasteiger partial charge on any atom is -0.417 e. The highest BCUT2D eigenvalue weighted by Crippen LogP contribution is 2.18. The molecule has 2 aromatic carbocycles. The third-order valence-electron chi connectivity index (χ3n) is 2.75. The second-order valence-electron chi connectivity index (χ2n) is 4.20. The van der Waals surface area contributed by atoms with Crippen LogP contribution >= 0.6 is 11.6 Å². The molecule has 0 radical (unpaired) electrons. The number of benzene rings is 2. The van der Waals surface area contributed by atoms with Crippen LogP contribution < -0.4 is 0 Å². The third-order valence-corrected chi connectivity index (χ3v) is 3.00. The Morgan fingerprint density at radius 1 is 0.850 bits per heavy atom. The fraction of sp³-hybridized carbons (Fsp3) is 0. The highest BCUT2D eigenvalue weighted by atomic mass is 35.5. The minimum atomic E-state index is 0.471. The number of hydrogen-bond donors (Lipinski definition) is 0. The molecule has 1 aromatic heterocycles. The lowest BCUT2D eigenvalue weighted by Crippen LogP contribution is -1.75. The smallest absolute Gasteiger partial charge is 0.248 e. The molecule has 3 rings (SSSR count). The van der Waals surface area contributed by atoms with E-state index in [-0.39, 0.29) is 0 Å². The highest BCUT2D eigenvalue weighted by Gasteiger charge is 2.05. The summed E-state index contributed by atoms with van der Waals surface area (Å²) in [5.41, 5.74) is 1.93. The Balaban J connectivity index is 1.79. The number of nitrogens with zero attached hydrogens (tertiary/aromatic N) is 2. The molecule has 1 heterocycles. The van der Waals surface area contributed by atoms with Gasteiger partial charge in [0, 0.05) is 16.7 Å². The number of halogens is 1. The molecule has 3 nitrogen and oxygen atoms in total. The first-order chi connectivity index (χ1) is 9.81. The van der Waals surface area contributed by atoms with Gasteiger partial charge in [-0.25, -0.2) is 0 Å². The van der Waals surface area contributed by atoms with Crippen molar-refractivity contribution in [2.45, 2.75) is 0 Å². The monoisotopic (exact) mass is 282 g/mol. The van der Waals surface area contributed by atoms with Gasteiger partial charge < -0.3 is 4.42 Å². The maximum Gasteiger partial charge on any atom is 0.248 e. The summed E-state index contributed by atoms with van der Waals surface area (Å²) in [5.74, 6) is 0.986.